The Balaban J connectivity index is 0. The number of hydrogen-bond donors (Lipinski definition) is 0. The third kappa shape index (κ3) is 9.72. The normalized spacial score (nSPS) is 8.25. The van der Waals surface area contributed by atoms with Gasteiger partial charge in [-0.1, -0.05) is 19.3 Å². The number of hydrogen-bond acceptors (Lipinski definition) is 0. The Kier molecular flexibility index (Phi) is 14.9. The molecule has 0 amide bonds. The third-order valence-corrected chi connectivity index (χ3v) is 1.000. The van der Waals surface area contributed by atoms with Gasteiger partial charge in [0, 0.05) is 0 Å². The molecule has 0 atom stereocenters. The maximum atomic E-state index is 3.74. The van der Waals surface area contributed by atoms with E-state index in [1.165, 1.54) is 19.3 Å². The minimum absolute atomic E-state index is 0. The van der Waals surface area contributed by atoms with Crippen LogP contribution in [0.25, 0.3) is 0 Å². The predicted molar refractivity (Wildman–Crippen MR) is 33.8 cm³/mol. The number of rotatable bonds is 4. The van der Waals surface area contributed by atoms with Crippen molar-refractivity contribution in [1.29, 1.82) is 0 Å². The van der Waals surface area contributed by atoms with Crippen LogP contribution in [0.15, 0.2) is 0 Å². The second-order valence-corrected chi connectivity index (χ2v) is 1.77. The van der Waals surface area contributed by atoms with Gasteiger partial charge in [0.25, 0.3) is 0 Å². The molecule has 0 heterocycles. The number of unbranched alkanes of at least 4 members (excludes halogenated alkanes) is 4. The summed E-state index contributed by atoms with van der Waals surface area (Å²) < 4.78 is 0. The van der Waals surface area contributed by atoms with Crippen molar-refractivity contribution in [1.82, 2.24) is 0 Å². The molecule has 0 aromatic heterocycles. The zero-order chi connectivity index (χ0) is 5.54. The quantitative estimate of drug-likeness (QED) is 0.331. The van der Waals surface area contributed by atoms with Crippen LogP contribution in [0.1, 0.15) is 32.1 Å². The molecule has 0 unspecified atom stereocenters. The second-order valence-electron chi connectivity index (χ2n) is 1.77. The monoisotopic (exact) mass is 154 g/mol. The molecule has 0 saturated heterocycles. The Hall–Kier alpha value is 0.519. The summed E-state index contributed by atoms with van der Waals surface area (Å²) in [6.45, 7) is 7.47. The molecule has 1 heteroatoms. The van der Waals surface area contributed by atoms with E-state index >= 15 is 0 Å². The van der Waals surface area contributed by atoms with E-state index in [0.29, 0.717) is 0 Å². The zero-order valence-corrected chi connectivity index (χ0v) is 6.41. The molecular formula is C7H14Fe. The summed E-state index contributed by atoms with van der Waals surface area (Å²) in [5, 5.41) is 0. The molecule has 50 valence electrons. The first-order chi connectivity index (χ1) is 3.41. The van der Waals surface area contributed by atoms with E-state index in [9.17, 15) is 0 Å². The van der Waals surface area contributed by atoms with Crippen LogP contribution in [0, 0.1) is 13.8 Å². The molecule has 0 N–H and O–H groups in total. The average Bonchev–Trinajstić information content (AvgIpc) is 1.69. The van der Waals surface area contributed by atoms with E-state index in [-0.39, 0.29) is 17.1 Å². The smallest absolute Gasteiger partial charge is 0.343 e. The molecule has 0 radical (unpaired) electrons. The summed E-state index contributed by atoms with van der Waals surface area (Å²) >= 11 is 0. The van der Waals surface area contributed by atoms with Crippen LogP contribution >= 0.6 is 0 Å². The van der Waals surface area contributed by atoms with Gasteiger partial charge in [-0.3, -0.25) is 0 Å². The van der Waals surface area contributed by atoms with Crippen LogP contribution in [0.2, 0.25) is 0 Å². The van der Waals surface area contributed by atoms with Crippen LogP contribution in [-0.2, 0) is 17.1 Å². The van der Waals surface area contributed by atoms with Gasteiger partial charge in [-0.05, 0) is 0 Å². The van der Waals surface area contributed by atoms with Crippen molar-refractivity contribution in [3.63, 3.8) is 0 Å². The Morgan fingerprint density at radius 3 is 1.38 bits per heavy atom. The van der Waals surface area contributed by atoms with E-state index in [1.807, 2.05) is 0 Å². The summed E-state index contributed by atoms with van der Waals surface area (Å²) in [7, 11) is 0. The van der Waals surface area contributed by atoms with Gasteiger partial charge < -0.3 is 13.8 Å². The van der Waals surface area contributed by atoms with Gasteiger partial charge >= 0.3 is 17.1 Å². The SMILES string of the molecule is [CH2-]CCCCC[CH2-].[Fe+2]. The van der Waals surface area contributed by atoms with Crippen LogP contribution in [0.4, 0.5) is 0 Å². The van der Waals surface area contributed by atoms with Gasteiger partial charge in [-0.25, -0.2) is 0 Å². The van der Waals surface area contributed by atoms with Gasteiger partial charge in [0.1, 0.15) is 0 Å². The topological polar surface area (TPSA) is 0 Å². The summed E-state index contributed by atoms with van der Waals surface area (Å²) in [5.74, 6) is 0. The third-order valence-electron chi connectivity index (χ3n) is 1.000. The standard InChI is InChI=1S/C7H14.Fe/c1-3-5-7-6-4-2;/h1-7H2;/q-2;+2. The minimum Gasteiger partial charge on any atom is -0.343 e. The average molecular weight is 154 g/mol. The van der Waals surface area contributed by atoms with Gasteiger partial charge in [0.05, 0.1) is 0 Å². The van der Waals surface area contributed by atoms with E-state index in [4.69, 9.17) is 0 Å². The first kappa shape index (κ1) is 11.3. The molecule has 0 aliphatic rings. The molecule has 0 aromatic carbocycles. The largest absolute Gasteiger partial charge is 2.00 e. The summed E-state index contributed by atoms with van der Waals surface area (Å²) in [5.41, 5.74) is 0. The van der Waals surface area contributed by atoms with Crippen molar-refractivity contribution in [3.05, 3.63) is 13.8 Å². The fraction of sp³-hybridized carbons (Fsp3) is 0.714. The van der Waals surface area contributed by atoms with Crippen molar-refractivity contribution in [2.24, 2.45) is 0 Å². The van der Waals surface area contributed by atoms with E-state index in [1.54, 1.807) is 0 Å². The Morgan fingerprint density at radius 1 is 0.750 bits per heavy atom. The molecular weight excluding hydrogens is 140 g/mol. The Labute approximate surface area is 63.5 Å². The molecule has 0 bridgehead atoms. The second kappa shape index (κ2) is 10.5. The molecule has 0 spiro atoms. The maximum absolute atomic E-state index is 3.74. The van der Waals surface area contributed by atoms with E-state index < -0.39 is 0 Å². The molecule has 0 saturated carbocycles. The summed E-state index contributed by atoms with van der Waals surface area (Å²) in [6, 6.07) is 0. The minimum atomic E-state index is 0. The van der Waals surface area contributed by atoms with Gasteiger partial charge in [-0.2, -0.15) is 12.8 Å². The molecule has 0 aromatic rings. The zero-order valence-electron chi connectivity index (χ0n) is 5.30. The molecule has 8 heavy (non-hydrogen) atoms. The summed E-state index contributed by atoms with van der Waals surface area (Å²) in [4.78, 5) is 0. The van der Waals surface area contributed by atoms with Crippen molar-refractivity contribution < 1.29 is 17.1 Å². The molecule has 0 nitrogen and oxygen atoms in total. The van der Waals surface area contributed by atoms with Crippen molar-refractivity contribution >= 4 is 0 Å². The van der Waals surface area contributed by atoms with Crippen LogP contribution < -0.4 is 0 Å². The van der Waals surface area contributed by atoms with E-state index in [0.717, 1.165) is 12.8 Å². The fourth-order valence-corrected chi connectivity index (χ4v) is 0.530. The molecule has 0 fully saturated rings. The predicted octanol–water partition coefficient (Wildman–Crippen LogP) is 2.60. The van der Waals surface area contributed by atoms with Crippen molar-refractivity contribution in [2.75, 3.05) is 0 Å². The molecule has 0 aliphatic carbocycles. The first-order valence-electron chi connectivity index (χ1n) is 3.00. The molecule has 0 rings (SSSR count). The van der Waals surface area contributed by atoms with Gasteiger partial charge in [-0.15, -0.1) is 0 Å². The van der Waals surface area contributed by atoms with Crippen LogP contribution in [-0.4, -0.2) is 0 Å². The van der Waals surface area contributed by atoms with Crippen molar-refractivity contribution in [2.45, 2.75) is 32.1 Å². The van der Waals surface area contributed by atoms with Gasteiger partial charge in [0.15, 0.2) is 0 Å². The van der Waals surface area contributed by atoms with E-state index in [2.05, 4.69) is 13.8 Å². The van der Waals surface area contributed by atoms with Gasteiger partial charge in [0.2, 0.25) is 0 Å². The van der Waals surface area contributed by atoms with Crippen LogP contribution in [0.5, 0.6) is 0 Å². The molecule has 0 aliphatic heterocycles. The summed E-state index contributed by atoms with van der Waals surface area (Å²) in [6.07, 6.45) is 6.03. The van der Waals surface area contributed by atoms with Crippen LogP contribution in [0.3, 0.4) is 0 Å². The Morgan fingerprint density at radius 2 is 1.12 bits per heavy atom. The maximum Gasteiger partial charge on any atom is 2.00 e. The Bertz CT molecular complexity index is 23.6. The fourth-order valence-electron chi connectivity index (χ4n) is 0.530. The van der Waals surface area contributed by atoms with Crippen molar-refractivity contribution in [3.8, 4) is 0 Å². The first-order valence-corrected chi connectivity index (χ1v) is 3.00.